The number of nitrogens with zero attached hydrogens (tertiary/aromatic N) is 2. The molecule has 31 heavy (non-hydrogen) atoms. The normalized spacial score (nSPS) is 10.9. The summed E-state index contributed by atoms with van der Waals surface area (Å²) in [6.45, 7) is 1.61. The fraction of sp³-hybridized carbons (Fsp3) is 0.238. The molecule has 0 aliphatic carbocycles. The first-order chi connectivity index (χ1) is 15.0. The largest absolute Gasteiger partial charge is 0.493 e. The summed E-state index contributed by atoms with van der Waals surface area (Å²) < 4.78 is 21.7. The average molecular weight is 427 g/mol. The standard InChI is InChI=1S/C21H21N3O7/c1-4-30-18(25)12-31-19-16(28-2)9-13(10-17(19)29-3)11-22-24-20(26)14-7-5-6-8-15(14)23-21(24)27/h5-11H,4,12H2,1-3H3,(H,23,27). The van der Waals surface area contributed by atoms with Crippen LogP contribution < -0.4 is 25.5 Å². The molecule has 3 aromatic rings. The van der Waals surface area contributed by atoms with Crippen molar-refractivity contribution in [2.24, 2.45) is 5.10 Å². The highest BCUT2D eigenvalue weighted by Crippen LogP contribution is 2.38. The zero-order chi connectivity index (χ0) is 22.4. The van der Waals surface area contributed by atoms with Crippen molar-refractivity contribution in [3.8, 4) is 17.2 Å². The third kappa shape index (κ3) is 4.74. The molecule has 10 nitrogen and oxygen atoms in total. The number of fused-ring (bicyclic) bond motifs is 1. The molecule has 162 valence electrons. The van der Waals surface area contributed by atoms with E-state index in [-0.39, 0.29) is 30.5 Å². The van der Waals surface area contributed by atoms with Crippen molar-refractivity contribution in [1.82, 2.24) is 9.66 Å². The van der Waals surface area contributed by atoms with Crippen LogP contribution in [0, 0.1) is 0 Å². The molecule has 3 rings (SSSR count). The van der Waals surface area contributed by atoms with Crippen molar-refractivity contribution >= 4 is 23.1 Å². The number of benzene rings is 2. The number of methoxy groups -OCH3 is 2. The summed E-state index contributed by atoms with van der Waals surface area (Å²) in [5.74, 6) is 0.206. The molecular formula is C21H21N3O7. The van der Waals surface area contributed by atoms with E-state index >= 15 is 0 Å². The molecule has 0 aliphatic heterocycles. The minimum atomic E-state index is -0.673. The van der Waals surface area contributed by atoms with Gasteiger partial charge in [0.15, 0.2) is 18.1 Å². The molecule has 0 fully saturated rings. The third-order valence-electron chi connectivity index (χ3n) is 4.23. The molecule has 0 radical (unpaired) electrons. The van der Waals surface area contributed by atoms with Gasteiger partial charge in [0.1, 0.15) is 0 Å². The number of aromatic nitrogens is 2. The van der Waals surface area contributed by atoms with E-state index in [9.17, 15) is 14.4 Å². The predicted octanol–water partition coefficient (Wildman–Crippen LogP) is 1.53. The SMILES string of the molecule is CCOC(=O)COc1c(OC)cc(C=Nn2c(=O)[nH]c3ccccc3c2=O)cc1OC. The van der Waals surface area contributed by atoms with Gasteiger partial charge < -0.3 is 23.9 Å². The Morgan fingerprint density at radius 1 is 1.13 bits per heavy atom. The van der Waals surface area contributed by atoms with Gasteiger partial charge >= 0.3 is 11.7 Å². The number of nitrogens with one attached hydrogen (secondary N) is 1. The van der Waals surface area contributed by atoms with Crippen LogP contribution in [0.3, 0.4) is 0 Å². The van der Waals surface area contributed by atoms with E-state index in [0.717, 1.165) is 4.68 Å². The molecule has 1 N–H and O–H groups in total. The minimum Gasteiger partial charge on any atom is -0.493 e. The first-order valence-electron chi connectivity index (χ1n) is 9.31. The second-order valence-electron chi connectivity index (χ2n) is 6.19. The number of H-pyrrole nitrogens is 1. The van der Waals surface area contributed by atoms with Gasteiger partial charge in [-0.25, -0.2) is 9.59 Å². The monoisotopic (exact) mass is 427 g/mol. The minimum absolute atomic E-state index is 0.205. The second kappa shape index (κ2) is 9.61. The molecule has 1 aromatic heterocycles. The number of para-hydroxylation sites is 1. The fourth-order valence-electron chi connectivity index (χ4n) is 2.83. The Balaban J connectivity index is 1.96. The molecule has 2 aromatic carbocycles. The van der Waals surface area contributed by atoms with Crippen molar-refractivity contribution in [3.63, 3.8) is 0 Å². The number of ether oxygens (including phenoxy) is 4. The van der Waals surface area contributed by atoms with E-state index < -0.39 is 17.2 Å². The Morgan fingerprint density at radius 2 is 1.81 bits per heavy atom. The summed E-state index contributed by atoms with van der Waals surface area (Å²) in [5.41, 5.74) is -0.329. The summed E-state index contributed by atoms with van der Waals surface area (Å²) >= 11 is 0. The Hall–Kier alpha value is -4.08. The van der Waals surface area contributed by atoms with Crippen LogP contribution in [0.4, 0.5) is 0 Å². The molecule has 0 saturated carbocycles. The van der Waals surface area contributed by atoms with Crippen molar-refractivity contribution in [2.45, 2.75) is 6.92 Å². The van der Waals surface area contributed by atoms with Gasteiger partial charge in [-0.1, -0.05) is 12.1 Å². The maximum Gasteiger partial charge on any atom is 0.349 e. The number of esters is 1. The maximum atomic E-state index is 12.6. The zero-order valence-corrected chi connectivity index (χ0v) is 17.2. The Morgan fingerprint density at radius 3 is 2.45 bits per heavy atom. The number of hydrogen-bond donors (Lipinski definition) is 1. The van der Waals surface area contributed by atoms with Crippen molar-refractivity contribution in [3.05, 3.63) is 62.8 Å². The number of aromatic amines is 1. The van der Waals surface area contributed by atoms with Crippen LogP contribution in [-0.4, -0.2) is 49.3 Å². The van der Waals surface area contributed by atoms with E-state index in [1.807, 2.05) is 0 Å². The van der Waals surface area contributed by atoms with Crippen LogP contribution in [0.5, 0.6) is 17.2 Å². The molecule has 0 bridgehead atoms. The van der Waals surface area contributed by atoms with Crippen LogP contribution in [-0.2, 0) is 9.53 Å². The van der Waals surface area contributed by atoms with E-state index in [2.05, 4.69) is 10.1 Å². The second-order valence-corrected chi connectivity index (χ2v) is 6.19. The molecule has 0 aliphatic rings. The molecule has 0 atom stereocenters. The van der Waals surface area contributed by atoms with E-state index in [1.54, 1.807) is 43.3 Å². The fourth-order valence-corrected chi connectivity index (χ4v) is 2.83. The quantitative estimate of drug-likeness (QED) is 0.427. The smallest absolute Gasteiger partial charge is 0.349 e. The highest BCUT2D eigenvalue weighted by Gasteiger charge is 2.16. The molecule has 0 unspecified atom stereocenters. The molecule has 1 heterocycles. The highest BCUT2D eigenvalue weighted by atomic mass is 16.6. The Labute approximate surface area is 176 Å². The van der Waals surface area contributed by atoms with Gasteiger partial charge in [0.2, 0.25) is 5.75 Å². The van der Waals surface area contributed by atoms with Gasteiger partial charge in [-0.3, -0.25) is 4.79 Å². The summed E-state index contributed by atoms with van der Waals surface area (Å²) in [6, 6.07) is 9.77. The Kier molecular flexibility index (Phi) is 6.71. The summed E-state index contributed by atoms with van der Waals surface area (Å²) in [4.78, 5) is 39.0. The molecule has 0 spiro atoms. The lowest BCUT2D eigenvalue weighted by Crippen LogP contribution is -2.32. The van der Waals surface area contributed by atoms with Gasteiger partial charge in [-0.05, 0) is 31.2 Å². The van der Waals surface area contributed by atoms with Crippen molar-refractivity contribution < 1.29 is 23.7 Å². The maximum absolute atomic E-state index is 12.6. The van der Waals surface area contributed by atoms with Crippen molar-refractivity contribution in [2.75, 3.05) is 27.4 Å². The number of carbonyl (C=O) groups is 1. The molecule has 0 saturated heterocycles. The van der Waals surface area contributed by atoms with Crippen LogP contribution in [0.15, 0.2) is 51.1 Å². The predicted molar refractivity (Wildman–Crippen MR) is 113 cm³/mol. The third-order valence-corrected chi connectivity index (χ3v) is 4.23. The molecule has 0 amide bonds. The average Bonchev–Trinajstić information content (AvgIpc) is 2.77. The Bertz CT molecular complexity index is 1220. The van der Waals surface area contributed by atoms with Gasteiger partial charge in [0.05, 0.1) is 37.9 Å². The highest BCUT2D eigenvalue weighted by molar-refractivity contribution is 5.83. The van der Waals surface area contributed by atoms with Crippen LogP contribution >= 0.6 is 0 Å². The number of carbonyl (C=O) groups excluding carboxylic acids is 1. The summed E-state index contributed by atoms with van der Waals surface area (Å²) in [7, 11) is 2.84. The summed E-state index contributed by atoms with van der Waals surface area (Å²) in [5, 5.41) is 4.34. The first kappa shape index (κ1) is 21.6. The first-order valence-corrected chi connectivity index (χ1v) is 9.31. The lowest BCUT2D eigenvalue weighted by molar-refractivity contribution is -0.145. The molecular weight excluding hydrogens is 406 g/mol. The van der Waals surface area contributed by atoms with Crippen LogP contribution in [0.1, 0.15) is 12.5 Å². The van der Waals surface area contributed by atoms with Crippen LogP contribution in [0.25, 0.3) is 10.9 Å². The number of rotatable bonds is 8. The zero-order valence-electron chi connectivity index (χ0n) is 17.2. The van der Waals surface area contributed by atoms with Crippen LogP contribution in [0.2, 0.25) is 0 Å². The topological polar surface area (TPSA) is 121 Å². The van der Waals surface area contributed by atoms with E-state index in [0.29, 0.717) is 16.5 Å². The summed E-state index contributed by atoms with van der Waals surface area (Å²) in [6.07, 6.45) is 1.31. The van der Waals surface area contributed by atoms with Gasteiger partial charge in [0, 0.05) is 5.56 Å². The van der Waals surface area contributed by atoms with Gasteiger partial charge in [-0.15, -0.1) is 4.68 Å². The lowest BCUT2D eigenvalue weighted by atomic mass is 10.2. The van der Waals surface area contributed by atoms with Crippen molar-refractivity contribution in [1.29, 1.82) is 0 Å². The van der Waals surface area contributed by atoms with E-state index in [4.69, 9.17) is 18.9 Å². The lowest BCUT2D eigenvalue weighted by Gasteiger charge is -2.14. The molecule has 10 heteroatoms. The van der Waals surface area contributed by atoms with Gasteiger partial charge in [-0.2, -0.15) is 5.10 Å². The van der Waals surface area contributed by atoms with Gasteiger partial charge in [0.25, 0.3) is 5.56 Å². The number of hydrogen-bond acceptors (Lipinski definition) is 8. The van der Waals surface area contributed by atoms with E-state index in [1.165, 1.54) is 20.4 Å².